The van der Waals surface area contributed by atoms with Gasteiger partial charge in [-0.05, 0) is 31.7 Å². The molecule has 1 aromatic heterocycles. The quantitative estimate of drug-likeness (QED) is 0.863. The number of nitrogens with zero attached hydrogens (tertiary/aromatic N) is 2. The molecule has 1 aromatic rings. The summed E-state index contributed by atoms with van der Waals surface area (Å²) in [4.78, 5) is 11.1. The Hall–Kier alpha value is -1.57. The summed E-state index contributed by atoms with van der Waals surface area (Å²) in [6.45, 7) is 0. The summed E-state index contributed by atoms with van der Waals surface area (Å²) in [6.07, 6.45) is -1.74. The van der Waals surface area contributed by atoms with Crippen molar-refractivity contribution in [3.05, 3.63) is 18.0 Å². The first-order valence-corrected chi connectivity index (χ1v) is 5.87. The largest absolute Gasteiger partial charge is 0.480 e. The number of halogens is 3. The molecule has 2 atom stereocenters. The van der Waals surface area contributed by atoms with Crippen molar-refractivity contribution in [3.8, 4) is 0 Å². The fourth-order valence-corrected chi connectivity index (χ4v) is 2.39. The molecule has 1 heterocycles. The summed E-state index contributed by atoms with van der Waals surface area (Å²) < 4.78 is 38.5. The van der Waals surface area contributed by atoms with Gasteiger partial charge in [-0.3, -0.25) is 9.48 Å². The molecule has 106 valence electrons. The molecule has 5 nitrogen and oxygen atoms in total. The number of hydrogen-bond donors (Lipinski definition) is 2. The van der Waals surface area contributed by atoms with Gasteiger partial charge in [-0.15, -0.1) is 0 Å². The standard InChI is InChI=1S/C11H14F3N3O2/c12-11(13,14)8-3-5-17(16-8)7-2-1-4-10(15,6-7)9(18)19/h3,5,7H,1-2,4,6,15H2,(H,18,19). The van der Waals surface area contributed by atoms with Gasteiger partial charge in [0, 0.05) is 6.20 Å². The van der Waals surface area contributed by atoms with Crippen molar-refractivity contribution in [2.24, 2.45) is 5.73 Å². The molecular weight excluding hydrogens is 263 g/mol. The van der Waals surface area contributed by atoms with Crippen molar-refractivity contribution >= 4 is 5.97 Å². The molecule has 0 aromatic carbocycles. The Morgan fingerprint density at radius 1 is 1.58 bits per heavy atom. The highest BCUT2D eigenvalue weighted by Gasteiger charge is 2.41. The first-order chi connectivity index (χ1) is 8.72. The van der Waals surface area contributed by atoms with Gasteiger partial charge in [0.1, 0.15) is 5.54 Å². The number of rotatable bonds is 2. The van der Waals surface area contributed by atoms with Gasteiger partial charge >= 0.3 is 12.1 Å². The van der Waals surface area contributed by atoms with Crippen LogP contribution in [-0.2, 0) is 11.0 Å². The fourth-order valence-electron chi connectivity index (χ4n) is 2.39. The van der Waals surface area contributed by atoms with E-state index in [2.05, 4.69) is 5.10 Å². The number of aromatic nitrogens is 2. The van der Waals surface area contributed by atoms with Crippen LogP contribution in [0.15, 0.2) is 12.3 Å². The molecule has 0 radical (unpaired) electrons. The molecule has 2 unspecified atom stereocenters. The maximum atomic E-state index is 12.5. The molecule has 0 spiro atoms. The van der Waals surface area contributed by atoms with Crippen molar-refractivity contribution in [1.82, 2.24) is 9.78 Å². The van der Waals surface area contributed by atoms with Crippen LogP contribution in [-0.4, -0.2) is 26.4 Å². The van der Waals surface area contributed by atoms with Crippen LogP contribution in [0.1, 0.15) is 37.4 Å². The minimum absolute atomic E-state index is 0.0846. The minimum Gasteiger partial charge on any atom is -0.480 e. The average molecular weight is 277 g/mol. The van der Waals surface area contributed by atoms with Crippen LogP contribution in [0.2, 0.25) is 0 Å². The summed E-state index contributed by atoms with van der Waals surface area (Å²) in [5.41, 5.74) is 3.40. The van der Waals surface area contributed by atoms with Crippen molar-refractivity contribution < 1.29 is 23.1 Å². The summed E-state index contributed by atoms with van der Waals surface area (Å²) in [5.74, 6) is -1.12. The Morgan fingerprint density at radius 2 is 2.26 bits per heavy atom. The molecule has 0 amide bonds. The van der Waals surface area contributed by atoms with Gasteiger partial charge in [0.2, 0.25) is 0 Å². The molecule has 8 heteroatoms. The predicted molar refractivity (Wildman–Crippen MR) is 59.3 cm³/mol. The Labute approximate surface area is 107 Å². The number of aliphatic carboxylic acids is 1. The van der Waals surface area contributed by atoms with Gasteiger partial charge in [0.15, 0.2) is 5.69 Å². The van der Waals surface area contributed by atoms with Gasteiger partial charge in [-0.1, -0.05) is 0 Å². The number of hydrogen-bond acceptors (Lipinski definition) is 3. The van der Waals surface area contributed by atoms with Crippen LogP contribution in [0.25, 0.3) is 0 Å². The lowest BCUT2D eigenvalue weighted by Gasteiger charge is -2.34. The molecule has 1 aliphatic carbocycles. The van der Waals surface area contributed by atoms with E-state index in [4.69, 9.17) is 10.8 Å². The smallest absolute Gasteiger partial charge is 0.435 e. The summed E-state index contributed by atoms with van der Waals surface area (Å²) in [6, 6.07) is 0.471. The van der Waals surface area contributed by atoms with E-state index in [0.717, 1.165) is 6.07 Å². The molecule has 1 fully saturated rings. The maximum absolute atomic E-state index is 12.5. The molecule has 1 aliphatic rings. The average Bonchev–Trinajstić information content (AvgIpc) is 2.77. The van der Waals surface area contributed by atoms with Gasteiger partial charge in [-0.2, -0.15) is 18.3 Å². The number of carbonyl (C=O) groups is 1. The van der Waals surface area contributed by atoms with Crippen LogP contribution < -0.4 is 5.73 Å². The lowest BCUT2D eigenvalue weighted by Crippen LogP contribution is -2.51. The Bertz CT molecular complexity index is 486. The van der Waals surface area contributed by atoms with Crippen LogP contribution in [0, 0.1) is 0 Å². The molecule has 19 heavy (non-hydrogen) atoms. The molecule has 0 bridgehead atoms. The second-order valence-electron chi connectivity index (χ2n) is 4.89. The van der Waals surface area contributed by atoms with E-state index in [1.54, 1.807) is 0 Å². The van der Waals surface area contributed by atoms with Crippen molar-refractivity contribution in [3.63, 3.8) is 0 Å². The molecule has 3 N–H and O–H groups in total. The van der Waals surface area contributed by atoms with Gasteiger partial charge in [0.05, 0.1) is 6.04 Å². The van der Waals surface area contributed by atoms with E-state index in [0.29, 0.717) is 19.3 Å². The molecule has 0 aliphatic heterocycles. The normalized spacial score (nSPS) is 28.3. The van der Waals surface area contributed by atoms with E-state index >= 15 is 0 Å². The van der Waals surface area contributed by atoms with E-state index in [1.807, 2.05) is 0 Å². The summed E-state index contributed by atoms with van der Waals surface area (Å²) in [7, 11) is 0. The van der Waals surface area contributed by atoms with Crippen LogP contribution >= 0.6 is 0 Å². The third-order valence-corrected chi connectivity index (χ3v) is 3.46. The molecule has 0 saturated heterocycles. The van der Waals surface area contributed by atoms with Crippen molar-refractivity contribution in [1.29, 1.82) is 0 Å². The third kappa shape index (κ3) is 2.73. The Kier molecular flexibility index (Phi) is 3.29. The van der Waals surface area contributed by atoms with E-state index in [1.165, 1.54) is 10.9 Å². The SMILES string of the molecule is NC1(C(=O)O)CCCC(n2ccc(C(F)(F)F)n2)C1. The molecule has 2 rings (SSSR count). The zero-order valence-corrected chi connectivity index (χ0v) is 10.0. The highest BCUT2D eigenvalue weighted by Crippen LogP contribution is 2.35. The highest BCUT2D eigenvalue weighted by molar-refractivity contribution is 5.78. The third-order valence-electron chi connectivity index (χ3n) is 3.46. The van der Waals surface area contributed by atoms with Gasteiger partial charge < -0.3 is 10.8 Å². The first kappa shape index (κ1) is 13.9. The van der Waals surface area contributed by atoms with E-state index < -0.39 is 29.4 Å². The summed E-state index contributed by atoms with van der Waals surface area (Å²) >= 11 is 0. The molecule has 1 saturated carbocycles. The maximum Gasteiger partial charge on any atom is 0.435 e. The predicted octanol–water partition coefficient (Wildman–Crippen LogP) is 1.80. The Balaban J connectivity index is 2.18. The first-order valence-electron chi connectivity index (χ1n) is 5.87. The van der Waals surface area contributed by atoms with Crippen molar-refractivity contribution in [2.45, 2.75) is 43.4 Å². The van der Waals surface area contributed by atoms with E-state index in [9.17, 15) is 18.0 Å². The van der Waals surface area contributed by atoms with E-state index in [-0.39, 0.29) is 6.42 Å². The van der Waals surface area contributed by atoms with Gasteiger partial charge in [0.25, 0.3) is 0 Å². The number of carboxylic acids is 1. The lowest BCUT2D eigenvalue weighted by atomic mass is 9.80. The monoisotopic (exact) mass is 277 g/mol. The highest BCUT2D eigenvalue weighted by atomic mass is 19.4. The van der Waals surface area contributed by atoms with Crippen molar-refractivity contribution in [2.75, 3.05) is 0 Å². The number of carboxylic acid groups (broad SMARTS) is 1. The minimum atomic E-state index is -4.49. The van der Waals surface area contributed by atoms with Gasteiger partial charge in [-0.25, -0.2) is 0 Å². The second-order valence-corrected chi connectivity index (χ2v) is 4.89. The number of alkyl halides is 3. The molecular formula is C11H14F3N3O2. The topological polar surface area (TPSA) is 81.1 Å². The van der Waals surface area contributed by atoms with Crippen LogP contribution in [0.3, 0.4) is 0 Å². The second kappa shape index (κ2) is 4.52. The lowest BCUT2D eigenvalue weighted by molar-refractivity contribution is -0.146. The van der Waals surface area contributed by atoms with Crippen LogP contribution in [0.4, 0.5) is 13.2 Å². The fraction of sp³-hybridized carbons (Fsp3) is 0.636. The van der Waals surface area contributed by atoms with Crippen LogP contribution in [0.5, 0.6) is 0 Å². The zero-order valence-electron chi connectivity index (χ0n) is 10.0. The zero-order chi connectivity index (χ0) is 14.3. The summed E-state index contributed by atoms with van der Waals surface area (Å²) in [5, 5.41) is 12.5. The Morgan fingerprint density at radius 3 is 2.79 bits per heavy atom. The number of nitrogens with two attached hydrogens (primary N) is 1.